The maximum absolute atomic E-state index is 6.15. The monoisotopic (exact) mass is 378 g/mol. The summed E-state index contributed by atoms with van der Waals surface area (Å²) in [5.74, 6) is 2.02. The third kappa shape index (κ3) is 6.34. The van der Waals surface area contributed by atoms with Gasteiger partial charge in [0.25, 0.3) is 0 Å². The topological polar surface area (TPSA) is 24.1 Å². The van der Waals surface area contributed by atoms with E-state index in [1.807, 2.05) is 30.0 Å². The smallest absolute Gasteiger partial charge is 0.170 e. The molecule has 0 aliphatic rings. The van der Waals surface area contributed by atoms with E-state index in [-0.39, 0.29) is 0 Å². The summed E-state index contributed by atoms with van der Waals surface area (Å²) in [6.45, 7) is 5.08. The fourth-order valence-corrected chi connectivity index (χ4v) is 3.63. The van der Waals surface area contributed by atoms with Crippen LogP contribution < -0.4 is 10.6 Å². The first-order valence-corrected chi connectivity index (χ1v) is 9.93. The Morgan fingerprint density at radius 3 is 2.67 bits per heavy atom. The van der Waals surface area contributed by atoms with Crippen LogP contribution in [-0.2, 0) is 5.75 Å². The molecule has 0 fully saturated rings. The van der Waals surface area contributed by atoms with Gasteiger partial charge in [0.05, 0.1) is 0 Å². The Balaban J connectivity index is 1.61. The molecule has 2 aromatic carbocycles. The summed E-state index contributed by atoms with van der Waals surface area (Å²) in [6.07, 6.45) is 1.06. The summed E-state index contributed by atoms with van der Waals surface area (Å²) in [5.41, 5.74) is 4.78. The molecular formula is C19H23ClN2S2. The van der Waals surface area contributed by atoms with Gasteiger partial charge in [0.15, 0.2) is 5.11 Å². The van der Waals surface area contributed by atoms with Crippen LogP contribution in [0.5, 0.6) is 0 Å². The highest BCUT2D eigenvalue weighted by atomic mass is 35.5. The lowest BCUT2D eigenvalue weighted by molar-refractivity contribution is 0.854. The van der Waals surface area contributed by atoms with Gasteiger partial charge in [-0.05, 0) is 73.1 Å². The first kappa shape index (κ1) is 19.1. The summed E-state index contributed by atoms with van der Waals surface area (Å²) in [4.78, 5) is 0. The van der Waals surface area contributed by atoms with Crippen LogP contribution in [0.15, 0.2) is 42.5 Å². The Morgan fingerprint density at radius 2 is 1.92 bits per heavy atom. The molecule has 5 heteroatoms. The summed E-state index contributed by atoms with van der Waals surface area (Å²) in [6, 6.07) is 14.3. The van der Waals surface area contributed by atoms with Crippen molar-refractivity contribution < 1.29 is 0 Å². The second-order valence-electron chi connectivity index (χ2n) is 5.68. The van der Waals surface area contributed by atoms with Gasteiger partial charge in [0.1, 0.15) is 0 Å². The van der Waals surface area contributed by atoms with E-state index in [2.05, 4.69) is 48.7 Å². The molecule has 0 aromatic heterocycles. The molecule has 0 amide bonds. The number of nitrogens with one attached hydrogen (secondary N) is 2. The van der Waals surface area contributed by atoms with E-state index in [0.717, 1.165) is 35.2 Å². The van der Waals surface area contributed by atoms with Crippen molar-refractivity contribution in [2.24, 2.45) is 0 Å². The standard InChI is InChI=1S/C19H23ClN2S2/c1-14-8-9-17(12-15(14)2)22-19(23)21-10-5-11-24-13-16-6-3-4-7-18(16)20/h3-4,6-9,12H,5,10-11,13H2,1-2H3,(H2,21,22,23). The average molecular weight is 379 g/mol. The molecule has 0 atom stereocenters. The van der Waals surface area contributed by atoms with E-state index < -0.39 is 0 Å². The molecule has 0 aliphatic heterocycles. The van der Waals surface area contributed by atoms with Gasteiger partial charge in [-0.1, -0.05) is 35.9 Å². The molecule has 0 unspecified atom stereocenters. The number of benzene rings is 2. The Labute approximate surface area is 159 Å². The predicted molar refractivity (Wildman–Crippen MR) is 112 cm³/mol. The van der Waals surface area contributed by atoms with E-state index >= 15 is 0 Å². The van der Waals surface area contributed by atoms with E-state index in [1.54, 1.807) is 0 Å². The van der Waals surface area contributed by atoms with E-state index in [4.69, 9.17) is 23.8 Å². The normalized spacial score (nSPS) is 10.5. The number of hydrogen-bond acceptors (Lipinski definition) is 2. The highest BCUT2D eigenvalue weighted by Crippen LogP contribution is 2.21. The van der Waals surface area contributed by atoms with Crippen molar-refractivity contribution in [3.05, 3.63) is 64.2 Å². The maximum atomic E-state index is 6.15. The molecule has 0 bridgehead atoms. The van der Waals surface area contributed by atoms with Gasteiger partial charge in [-0.15, -0.1) is 0 Å². The number of anilines is 1. The largest absolute Gasteiger partial charge is 0.362 e. The van der Waals surface area contributed by atoms with E-state index in [1.165, 1.54) is 16.7 Å². The molecule has 0 radical (unpaired) electrons. The van der Waals surface area contributed by atoms with Gasteiger partial charge in [-0.25, -0.2) is 0 Å². The zero-order valence-electron chi connectivity index (χ0n) is 14.1. The lowest BCUT2D eigenvalue weighted by Gasteiger charge is -2.12. The highest BCUT2D eigenvalue weighted by molar-refractivity contribution is 7.98. The van der Waals surface area contributed by atoms with Crippen LogP contribution in [0.4, 0.5) is 5.69 Å². The van der Waals surface area contributed by atoms with Crippen LogP contribution >= 0.6 is 35.6 Å². The fraction of sp³-hybridized carbons (Fsp3) is 0.316. The molecule has 2 aromatic rings. The minimum absolute atomic E-state index is 0.675. The number of hydrogen-bond donors (Lipinski definition) is 2. The van der Waals surface area contributed by atoms with Crippen molar-refractivity contribution in [2.45, 2.75) is 26.0 Å². The second-order valence-corrected chi connectivity index (χ2v) is 7.60. The molecule has 2 N–H and O–H groups in total. The molecule has 24 heavy (non-hydrogen) atoms. The van der Waals surface area contributed by atoms with Crippen molar-refractivity contribution in [1.29, 1.82) is 0 Å². The third-order valence-corrected chi connectivity index (χ3v) is 5.44. The summed E-state index contributed by atoms with van der Waals surface area (Å²) >= 11 is 13.4. The maximum Gasteiger partial charge on any atom is 0.170 e. The van der Waals surface area contributed by atoms with E-state index in [0.29, 0.717) is 5.11 Å². The minimum atomic E-state index is 0.675. The lowest BCUT2D eigenvalue weighted by atomic mass is 10.1. The Bertz CT molecular complexity index is 689. The van der Waals surface area contributed by atoms with Crippen molar-refractivity contribution >= 4 is 46.4 Å². The summed E-state index contributed by atoms with van der Waals surface area (Å²) in [5, 5.41) is 8.01. The minimum Gasteiger partial charge on any atom is -0.362 e. The Kier molecular flexibility index (Phi) is 7.89. The SMILES string of the molecule is Cc1ccc(NC(=S)NCCCSCc2ccccc2Cl)cc1C. The van der Waals surface area contributed by atoms with E-state index in [9.17, 15) is 0 Å². The van der Waals surface area contributed by atoms with Gasteiger partial charge in [0, 0.05) is 23.0 Å². The Morgan fingerprint density at radius 1 is 1.12 bits per heavy atom. The quantitative estimate of drug-likeness (QED) is 0.486. The van der Waals surface area contributed by atoms with Gasteiger partial charge in [0.2, 0.25) is 0 Å². The van der Waals surface area contributed by atoms with Crippen molar-refractivity contribution in [3.63, 3.8) is 0 Å². The third-order valence-electron chi connectivity index (χ3n) is 3.73. The summed E-state index contributed by atoms with van der Waals surface area (Å²) in [7, 11) is 0. The molecular weight excluding hydrogens is 356 g/mol. The van der Waals surface area contributed by atoms with Gasteiger partial charge in [-0.2, -0.15) is 11.8 Å². The van der Waals surface area contributed by atoms with Crippen LogP contribution in [0.1, 0.15) is 23.1 Å². The number of thioether (sulfide) groups is 1. The van der Waals surface area contributed by atoms with Crippen LogP contribution in [0.25, 0.3) is 0 Å². The number of halogens is 1. The van der Waals surface area contributed by atoms with Crippen molar-refractivity contribution in [1.82, 2.24) is 5.32 Å². The van der Waals surface area contributed by atoms with Gasteiger partial charge >= 0.3 is 0 Å². The molecule has 0 saturated heterocycles. The lowest BCUT2D eigenvalue weighted by Crippen LogP contribution is -2.29. The molecule has 0 spiro atoms. The fourth-order valence-electron chi connectivity index (χ4n) is 2.17. The van der Waals surface area contributed by atoms with Gasteiger partial charge in [-0.3, -0.25) is 0 Å². The van der Waals surface area contributed by atoms with Crippen LogP contribution in [-0.4, -0.2) is 17.4 Å². The molecule has 0 saturated carbocycles. The number of rotatable bonds is 7. The zero-order chi connectivity index (χ0) is 17.4. The van der Waals surface area contributed by atoms with Crippen molar-refractivity contribution in [2.75, 3.05) is 17.6 Å². The van der Waals surface area contributed by atoms with Crippen LogP contribution in [0.3, 0.4) is 0 Å². The molecule has 2 nitrogen and oxygen atoms in total. The average Bonchev–Trinajstić information content (AvgIpc) is 2.56. The van der Waals surface area contributed by atoms with Crippen molar-refractivity contribution in [3.8, 4) is 0 Å². The molecule has 128 valence electrons. The Hall–Kier alpha value is -1.23. The van der Waals surface area contributed by atoms with Crippen LogP contribution in [0, 0.1) is 13.8 Å². The highest BCUT2D eigenvalue weighted by Gasteiger charge is 2.01. The second kappa shape index (κ2) is 9.92. The van der Waals surface area contributed by atoms with Gasteiger partial charge < -0.3 is 10.6 Å². The number of aryl methyl sites for hydroxylation is 2. The zero-order valence-corrected chi connectivity index (χ0v) is 16.5. The predicted octanol–water partition coefficient (Wildman–Crippen LogP) is 5.57. The first-order valence-electron chi connectivity index (χ1n) is 7.99. The molecule has 0 heterocycles. The van der Waals surface area contributed by atoms with Crippen LogP contribution in [0.2, 0.25) is 5.02 Å². The first-order chi connectivity index (χ1) is 11.6. The molecule has 0 aliphatic carbocycles. The number of thiocarbonyl (C=S) groups is 1. The molecule has 2 rings (SSSR count). The summed E-state index contributed by atoms with van der Waals surface area (Å²) < 4.78 is 0.